The highest BCUT2D eigenvalue weighted by Crippen LogP contribution is 2.45. The maximum Gasteiger partial charge on any atom is 0.225 e. The van der Waals surface area contributed by atoms with Gasteiger partial charge in [0.05, 0.1) is 15.7 Å². The Labute approximate surface area is 148 Å². The van der Waals surface area contributed by atoms with Gasteiger partial charge in [-0.15, -0.1) is 0 Å². The predicted molar refractivity (Wildman–Crippen MR) is 97.2 cm³/mol. The largest absolute Gasteiger partial charge is 0.507 e. The van der Waals surface area contributed by atoms with Gasteiger partial charge in [-0.2, -0.15) is 0 Å². The third-order valence-corrected chi connectivity index (χ3v) is 5.29. The molecule has 4 rings (SSSR count). The third-order valence-electron chi connectivity index (χ3n) is 4.46. The number of nitrogens with one attached hydrogen (secondary N) is 1. The summed E-state index contributed by atoms with van der Waals surface area (Å²) in [4.78, 5) is 12.3. The fourth-order valence-corrected chi connectivity index (χ4v) is 3.78. The molecule has 0 aromatic heterocycles. The molecule has 120 valence electrons. The molecule has 24 heavy (non-hydrogen) atoms. The average molecular weight is 358 g/mol. The highest BCUT2D eigenvalue weighted by molar-refractivity contribution is 6.42. The minimum atomic E-state index is -0.174. The van der Waals surface area contributed by atoms with Gasteiger partial charge in [-0.3, -0.25) is 4.79 Å². The van der Waals surface area contributed by atoms with Crippen LogP contribution in [0.5, 0.6) is 5.75 Å². The van der Waals surface area contributed by atoms with Crippen LogP contribution < -0.4 is 5.32 Å². The number of halogens is 2. The Morgan fingerprint density at radius 3 is 2.58 bits per heavy atom. The van der Waals surface area contributed by atoms with Crippen molar-refractivity contribution >= 4 is 45.6 Å². The lowest BCUT2D eigenvalue weighted by Crippen LogP contribution is -2.24. The molecule has 0 fully saturated rings. The molecule has 0 aliphatic carbocycles. The molecule has 1 amide bonds. The molecule has 5 heteroatoms. The Hall–Kier alpha value is -2.23. The standard InChI is InChI=1S/C19H13Cl2NO2/c20-15-5-1-3-11(18(15)21)14-9-17(24)22-19-12-4-2-6-16(23)10(12)7-8-13(14)19/h1-8,14,23H,9H2,(H,22,24)/t14-/m0/s1. The number of hydrogen-bond donors (Lipinski definition) is 2. The van der Waals surface area contributed by atoms with E-state index in [1.165, 1.54) is 0 Å². The van der Waals surface area contributed by atoms with Crippen molar-refractivity contribution in [1.82, 2.24) is 0 Å². The zero-order chi connectivity index (χ0) is 16.8. The fraction of sp³-hybridized carbons (Fsp3) is 0.105. The normalized spacial score (nSPS) is 16.8. The summed E-state index contributed by atoms with van der Waals surface area (Å²) in [5, 5.41) is 15.4. The van der Waals surface area contributed by atoms with Gasteiger partial charge in [0, 0.05) is 23.1 Å². The van der Waals surface area contributed by atoms with E-state index in [-0.39, 0.29) is 17.6 Å². The van der Waals surface area contributed by atoms with Crippen LogP contribution in [-0.4, -0.2) is 11.0 Å². The monoisotopic (exact) mass is 357 g/mol. The molecular formula is C19H13Cl2NO2. The molecule has 3 aromatic carbocycles. The van der Waals surface area contributed by atoms with E-state index in [0.29, 0.717) is 21.9 Å². The van der Waals surface area contributed by atoms with Crippen LogP contribution in [0.4, 0.5) is 5.69 Å². The van der Waals surface area contributed by atoms with Crippen molar-refractivity contribution in [2.75, 3.05) is 5.32 Å². The van der Waals surface area contributed by atoms with E-state index < -0.39 is 0 Å². The highest BCUT2D eigenvalue weighted by atomic mass is 35.5. The van der Waals surface area contributed by atoms with Crippen molar-refractivity contribution in [2.45, 2.75) is 12.3 Å². The Kier molecular flexibility index (Phi) is 3.63. The van der Waals surface area contributed by atoms with Crippen molar-refractivity contribution < 1.29 is 9.90 Å². The molecule has 0 saturated heterocycles. The first-order chi connectivity index (χ1) is 11.6. The van der Waals surface area contributed by atoms with Gasteiger partial charge in [0.25, 0.3) is 0 Å². The molecule has 0 spiro atoms. The van der Waals surface area contributed by atoms with Gasteiger partial charge in [0.1, 0.15) is 5.75 Å². The number of amides is 1. The molecule has 0 saturated carbocycles. The first-order valence-electron chi connectivity index (χ1n) is 7.54. The Balaban J connectivity index is 1.98. The van der Waals surface area contributed by atoms with E-state index in [4.69, 9.17) is 23.2 Å². The van der Waals surface area contributed by atoms with Crippen LogP contribution in [0.1, 0.15) is 23.5 Å². The number of benzene rings is 3. The number of rotatable bonds is 1. The van der Waals surface area contributed by atoms with E-state index in [1.54, 1.807) is 18.2 Å². The van der Waals surface area contributed by atoms with Crippen molar-refractivity contribution in [3.8, 4) is 5.75 Å². The second-order valence-corrected chi connectivity index (χ2v) is 6.64. The molecule has 1 atom stereocenters. The first kappa shape index (κ1) is 15.3. The second-order valence-electron chi connectivity index (χ2n) is 5.85. The van der Waals surface area contributed by atoms with Gasteiger partial charge in [0.15, 0.2) is 0 Å². The fourth-order valence-electron chi connectivity index (χ4n) is 3.34. The second kappa shape index (κ2) is 5.69. The maximum atomic E-state index is 12.3. The summed E-state index contributed by atoms with van der Waals surface area (Å²) in [6.07, 6.45) is 0.303. The number of phenolic OH excluding ortho intramolecular Hbond substituents is 1. The van der Waals surface area contributed by atoms with Gasteiger partial charge in [0.2, 0.25) is 5.91 Å². The highest BCUT2D eigenvalue weighted by Gasteiger charge is 2.29. The summed E-state index contributed by atoms with van der Waals surface area (Å²) >= 11 is 12.5. The number of hydrogen-bond acceptors (Lipinski definition) is 2. The van der Waals surface area contributed by atoms with E-state index in [2.05, 4.69) is 5.32 Å². The van der Waals surface area contributed by atoms with Gasteiger partial charge in [-0.1, -0.05) is 59.6 Å². The van der Waals surface area contributed by atoms with Crippen LogP contribution in [0, 0.1) is 0 Å². The third kappa shape index (κ3) is 2.32. The summed E-state index contributed by atoms with van der Waals surface area (Å²) in [5.74, 6) is -0.0708. The molecule has 1 aliphatic rings. The molecular weight excluding hydrogens is 345 g/mol. The summed E-state index contributed by atoms with van der Waals surface area (Å²) in [6.45, 7) is 0. The Morgan fingerprint density at radius 2 is 1.75 bits per heavy atom. The lowest BCUT2D eigenvalue weighted by atomic mass is 9.83. The van der Waals surface area contributed by atoms with E-state index in [0.717, 1.165) is 22.2 Å². The number of phenols is 1. The summed E-state index contributed by atoms with van der Waals surface area (Å²) in [6, 6.07) is 14.5. The lowest BCUT2D eigenvalue weighted by molar-refractivity contribution is -0.116. The molecule has 0 bridgehead atoms. The summed E-state index contributed by atoms with van der Waals surface area (Å²) < 4.78 is 0. The van der Waals surface area contributed by atoms with E-state index >= 15 is 0 Å². The number of fused-ring (bicyclic) bond motifs is 3. The zero-order valence-corrected chi connectivity index (χ0v) is 14.0. The smallest absolute Gasteiger partial charge is 0.225 e. The predicted octanol–water partition coefficient (Wildman–Crippen LogP) is 5.33. The Morgan fingerprint density at radius 1 is 0.958 bits per heavy atom. The minimum Gasteiger partial charge on any atom is -0.507 e. The number of anilines is 1. The van der Waals surface area contributed by atoms with Crippen LogP contribution in [0.25, 0.3) is 10.8 Å². The van der Waals surface area contributed by atoms with Crippen molar-refractivity contribution in [2.24, 2.45) is 0 Å². The summed E-state index contributed by atoms with van der Waals surface area (Å²) in [7, 11) is 0. The van der Waals surface area contributed by atoms with Crippen molar-refractivity contribution in [3.05, 3.63) is 69.7 Å². The number of aromatic hydroxyl groups is 1. The quantitative estimate of drug-likeness (QED) is 0.618. The lowest BCUT2D eigenvalue weighted by Gasteiger charge is -2.28. The van der Waals surface area contributed by atoms with E-state index in [9.17, 15) is 9.90 Å². The van der Waals surface area contributed by atoms with E-state index in [1.807, 2.05) is 30.3 Å². The molecule has 0 unspecified atom stereocenters. The average Bonchev–Trinajstić information content (AvgIpc) is 2.57. The van der Waals surface area contributed by atoms with Gasteiger partial charge >= 0.3 is 0 Å². The topological polar surface area (TPSA) is 49.3 Å². The molecule has 0 radical (unpaired) electrons. The van der Waals surface area contributed by atoms with Crippen LogP contribution >= 0.6 is 23.2 Å². The van der Waals surface area contributed by atoms with Crippen molar-refractivity contribution in [1.29, 1.82) is 0 Å². The number of carbonyl (C=O) groups excluding carboxylic acids is 1. The van der Waals surface area contributed by atoms with Crippen LogP contribution in [0.2, 0.25) is 10.0 Å². The number of carbonyl (C=O) groups is 1. The SMILES string of the molecule is O=C1C[C@@H](c2cccc(Cl)c2Cl)c2ccc3c(O)cccc3c2N1. The molecule has 2 N–H and O–H groups in total. The van der Waals surface area contributed by atoms with Crippen LogP contribution in [-0.2, 0) is 4.79 Å². The van der Waals surface area contributed by atoms with Gasteiger partial charge in [-0.05, 0) is 23.3 Å². The minimum absolute atomic E-state index is 0.0839. The zero-order valence-electron chi connectivity index (χ0n) is 12.5. The van der Waals surface area contributed by atoms with Gasteiger partial charge in [-0.25, -0.2) is 0 Å². The van der Waals surface area contributed by atoms with Gasteiger partial charge < -0.3 is 10.4 Å². The molecule has 1 heterocycles. The summed E-state index contributed by atoms with van der Waals surface area (Å²) in [5.41, 5.74) is 2.53. The maximum absolute atomic E-state index is 12.3. The van der Waals surface area contributed by atoms with Crippen molar-refractivity contribution in [3.63, 3.8) is 0 Å². The molecule has 3 aromatic rings. The first-order valence-corrected chi connectivity index (χ1v) is 8.30. The Bertz CT molecular complexity index is 985. The molecule has 1 aliphatic heterocycles. The van der Waals surface area contributed by atoms with Crippen LogP contribution in [0.3, 0.4) is 0 Å². The van der Waals surface area contributed by atoms with Crippen LogP contribution in [0.15, 0.2) is 48.5 Å². The molecule has 3 nitrogen and oxygen atoms in total.